The Kier molecular flexibility index (Phi) is 5.31. The molecule has 15 heavy (non-hydrogen) atoms. The molecule has 0 heterocycles. The maximum absolute atomic E-state index is 12.1. The molecule has 0 aromatic heterocycles. The van der Waals surface area contributed by atoms with Crippen molar-refractivity contribution in [3.05, 3.63) is 24.6 Å². The lowest BCUT2D eigenvalue weighted by Gasteiger charge is -2.27. The summed E-state index contributed by atoms with van der Waals surface area (Å²) in [5.74, 6) is 0. The molecule has 88 valence electrons. The van der Waals surface area contributed by atoms with Crippen LogP contribution in [0.2, 0.25) is 6.04 Å². The van der Waals surface area contributed by atoms with Crippen LogP contribution in [0.25, 0.3) is 0 Å². The zero-order valence-electron chi connectivity index (χ0n) is 9.10. The quantitative estimate of drug-likeness (QED) is 0.640. The van der Waals surface area contributed by atoms with E-state index in [1.54, 1.807) is 13.8 Å². The number of hydrogen-bond donors (Lipinski definition) is 0. The van der Waals surface area contributed by atoms with E-state index in [0.717, 1.165) is 0 Å². The molecular formula is C10H17F3OSi. The molecule has 0 aliphatic heterocycles. The van der Waals surface area contributed by atoms with Gasteiger partial charge in [0.15, 0.2) is 0 Å². The van der Waals surface area contributed by atoms with Gasteiger partial charge in [-0.05, 0) is 19.9 Å². The fourth-order valence-electron chi connectivity index (χ4n) is 1.22. The van der Waals surface area contributed by atoms with Crippen LogP contribution >= 0.6 is 0 Å². The lowest BCUT2D eigenvalue weighted by Crippen LogP contribution is -2.38. The van der Waals surface area contributed by atoms with Crippen molar-refractivity contribution in [3.63, 3.8) is 0 Å². The minimum Gasteiger partial charge on any atom is -0.407 e. The summed E-state index contributed by atoms with van der Waals surface area (Å²) in [6, 6.07) is -0.0400. The molecule has 0 aromatic rings. The Hall–Kier alpha value is -0.553. The Morgan fingerprint density at radius 1 is 1.27 bits per heavy atom. The van der Waals surface area contributed by atoms with Crippen molar-refractivity contribution in [2.75, 3.05) is 0 Å². The average Bonchev–Trinajstić information content (AvgIpc) is 2.10. The smallest absolute Gasteiger partial charge is 0.388 e. The lowest BCUT2D eigenvalue weighted by atomic mass is 10.5. The van der Waals surface area contributed by atoms with Crippen LogP contribution in [0.1, 0.15) is 20.3 Å². The van der Waals surface area contributed by atoms with Gasteiger partial charge in [-0.1, -0.05) is 11.4 Å². The Balaban J connectivity index is 4.51. The molecule has 0 saturated carbocycles. The molecule has 1 nitrogen and oxygen atoms in total. The van der Waals surface area contributed by atoms with E-state index in [9.17, 15) is 13.2 Å². The molecule has 0 saturated heterocycles. The van der Waals surface area contributed by atoms with E-state index in [0.29, 0.717) is 0 Å². The van der Waals surface area contributed by atoms with E-state index in [4.69, 9.17) is 4.43 Å². The van der Waals surface area contributed by atoms with Crippen molar-refractivity contribution in [2.45, 2.75) is 38.6 Å². The van der Waals surface area contributed by atoms with Gasteiger partial charge in [-0.25, -0.2) is 0 Å². The highest BCUT2D eigenvalue weighted by molar-refractivity contribution is 6.83. The first-order valence-corrected chi connectivity index (χ1v) is 7.03. The van der Waals surface area contributed by atoms with E-state index in [-0.39, 0.29) is 12.1 Å². The van der Waals surface area contributed by atoms with Crippen molar-refractivity contribution in [1.29, 1.82) is 0 Å². The molecule has 0 rings (SSSR count). The zero-order chi connectivity index (χ0) is 12.1. The molecule has 5 heteroatoms. The zero-order valence-corrected chi connectivity index (χ0v) is 10.1. The van der Waals surface area contributed by atoms with Crippen molar-refractivity contribution < 1.29 is 17.6 Å². The SMILES string of the molecule is C=C[Si](C=C)(CCC(F)(F)F)OC(C)C. The van der Waals surface area contributed by atoms with Crippen LogP contribution in [-0.4, -0.2) is 20.6 Å². The summed E-state index contributed by atoms with van der Waals surface area (Å²) >= 11 is 0. The first-order valence-electron chi connectivity index (χ1n) is 4.76. The van der Waals surface area contributed by atoms with Crippen LogP contribution in [0.3, 0.4) is 0 Å². The first kappa shape index (κ1) is 14.4. The summed E-state index contributed by atoms with van der Waals surface area (Å²) in [5, 5.41) is 0. The molecule has 0 N–H and O–H groups in total. The van der Waals surface area contributed by atoms with E-state index in [1.165, 1.54) is 11.4 Å². The Bertz CT molecular complexity index is 215. The minimum atomic E-state index is -4.15. The molecule has 0 spiro atoms. The third-order valence-electron chi connectivity index (χ3n) is 1.95. The van der Waals surface area contributed by atoms with Gasteiger partial charge in [-0.2, -0.15) is 13.2 Å². The van der Waals surface area contributed by atoms with E-state index in [2.05, 4.69) is 13.2 Å². The minimum absolute atomic E-state index is 0.0400. The monoisotopic (exact) mass is 238 g/mol. The van der Waals surface area contributed by atoms with Crippen LogP contribution in [0.5, 0.6) is 0 Å². The number of alkyl halides is 3. The summed E-state index contributed by atoms with van der Waals surface area (Å²) in [5.41, 5.74) is 3.01. The van der Waals surface area contributed by atoms with Crippen LogP contribution in [-0.2, 0) is 4.43 Å². The molecule has 0 atom stereocenters. The molecule has 0 bridgehead atoms. The highest BCUT2D eigenvalue weighted by Crippen LogP contribution is 2.28. The van der Waals surface area contributed by atoms with Crippen molar-refractivity contribution in [2.24, 2.45) is 0 Å². The third-order valence-corrected chi connectivity index (χ3v) is 5.27. The maximum Gasteiger partial charge on any atom is 0.388 e. The van der Waals surface area contributed by atoms with Gasteiger partial charge in [-0.3, -0.25) is 0 Å². The molecule has 0 radical (unpaired) electrons. The van der Waals surface area contributed by atoms with Crippen molar-refractivity contribution >= 4 is 8.32 Å². The second-order valence-corrected chi connectivity index (χ2v) is 7.11. The molecule has 0 unspecified atom stereocenters. The normalized spacial score (nSPS) is 12.9. The molecule has 0 amide bonds. The van der Waals surface area contributed by atoms with Gasteiger partial charge >= 0.3 is 6.18 Å². The summed E-state index contributed by atoms with van der Waals surface area (Å²) in [6.07, 6.45) is -5.10. The Morgan fingerprint density at radius 3 is 2.00 bits per heavy atom. The van der Waals surface area contributed by atoms with Gasteiger partial charge in [0.2, 0.25) is 8.32 Å². The Morgan fingerprint density at radius 2 is 1.73 bits per heavy atom. The molecule has 0 fully saturated rings. The maximum atomic E-state index is 12.1. The second-order valence-electron chi connectivity index (χ2n) is 3.64. The van der Waals surface area contributed by atoms with Crippen LogP contribution in [0.15, 0.2) is 24.6 Å². The predicted molar refractivity (Wildman–Crippen MR) is 57.8 cm³/mol. The summed E-state index contributed by atoms with van der Waals surface area (Å²) in [4.78, 5) is 0. The average molecular weight is 238 g/mol. The summed E-state index contributed by atoms with van der Waals surface area (Å²) < 4.78 is 41.8. The van der Waals surface area contributed by atoms with Gasteiger partial charge in [0.05, 0.1) is 0 Å². The highest BCUT2D eigenvalue weighted by atomic mass is 28.4. The molecule has 0 aromatic carbocycles. The third kappa shape index (κ3) is 5.79. The van der Waals surface area contributed by atoms with Gasteiger partial charge < -0.3 is 4.43 Å². The summed E-state index contributed by atoms with van der Waals surface area (Å²) in [7, 11) is -2.61. The second kappa shape index (κ2) is 5.51. The van der Waals surface area contributed by atoms with Gasteiger partial charge in [0, 0.05) is 12.5 Å². The Labute approximate surface area is 89.8 Å². The number of halogens is 3. The van der Waals surface area contributed by atoms with Crippen LogP contribution in [0, 0.1) is 0 Å². The van der Waals surface area contributed by atoms with E-state index < -0.39 is 20.9 Å². The predicted octanol–water partition coefficient (Wildman–Crippen LogP) is 3.76. The fourth-order valence-corrected chi connectivity index (χ4v) is 3.66. The highest BCUT2D eigenvalue weighted by Gasteiger charge is 2.36. The van der Waals surface area contributed by atoms with Gasteiger partial charge in [0.25, 0.3) is 0 Å². The fraction of sp³-hybridized carbons (Fsp3) is 0.600. The van der Waals surface area contributed by atoms with Crippen molar-refractivity contribution in [1.82, 2.24) is 0 Å². The molecule has 0 aliphatic rings. The number of rotatable bonds is 6. The largest absolute Gasteiger partial charge is 0.407 e. The van der Waals surface area contributed by atoms with Crippen molar-refractivity contribution in [3.8, 4) is 0 Å². The van der Waals surface area contributed by atoms with Crippen LogP contribution < -0.4 is 0 Å². The van der Waals surface area contributed by atoms with Gasteiger partial charge in [-0.15, -0.1) is 13.2 Å². The van der Waals surface area contributed by atoms with E-state index in [1.807, 2.05) is 0 Å². The van der Waals surface area contributed by atoms with Gasteiger partial charge in [0.1, 0.15) is 0 Å². The molecular weight excluding hydrogens is 221 g/mol. The standard InChI is InChI=1S/C10H17F3OSi/c1-5-15(6-2,14-9(3)4)8-7-10(11,12)13/h5-6,9H,1-2,7-8H2,3-4H3. The topological polar surface area (TPSA) is 9.23 Å². The lowest BCUT2D eigenvalue weighted by molar-refractivity contribution is -0.131. The first-order chi connectivity index (χ1) is 6.74. The molecule has 0 aliphatic carbocycles. The summed E-state index contributed by atoms with van der Waals surface area (Å²) in [6.45, 7) is 10.7. The van der Waals surface area contributed by atoms with E-state index >= 15 is 0 Å². The van der Waals surface area contributed by atoms with Crippen LogP contribution in [0.4, 0.5) is 13.2 Å². The number of hydrogen-bond acceptors (Lipinski definition) is 1.